The molecule has 7 heteroatoms. The number of hydrogen-bond acceptors (Lipinski definition) is 5. The van der Waals surface area contributed by atoms with Crippen LogP contribution >= 0.6 is 34.7 Å². The van der Waals surface area contributed by atoms with Crippen molar-refractivity contribution in [2.24, 2.45) is 0 Å². The van der Waals surface area contributed by atoms with Gasteiger partial charge in [-0.15, -0.1) is 11.3 Å². The Kier molecular flexibility index (Phi) is 4.21. The quantitative estimate of drug-likeness (QED) is 0.939. The molecule has 0 unspecified atom stereocenters. The van der Waals surface area contributed by atoms with Gasteiger partial charge in [0.25, 0.3) is 0 Å². The molecule has 2 aromatic heterocycles. The topological polar surface area (TPSA) is 63.1 Å². The number of rotatable bonds is 4. The summed E-state index contributed by atoms with van der Waals surface area (Å²) < 4.78 is 0.790. The fourth-order valence-corrected chi connectivity index (χ4v) is 3.48. The molecule has 0 saturated heterocycles. The molecule has 2 heterocycles. The van der Waals surface area contributed by atoms with Crippen molar-refractivity contribution in [1.82, 2.24) is 9.97 Å². The van der Waals surface area contributed by atoms with Gasteiger partial charge in [0, 0.05) is 11.1 Å². The molecule has 0 radical (unpaired) electrons. The third kappa shape index (κ3) is 3.44. The van der Waals surface area contributed by atoms with Crippen LogP contribution in [-0.2, 0) is 11.2 Å². The van der Waals surface area contributed by atoms with Crippen LogP contribution in [0.1, 0.15) is 10.6 Å². The highest BCUT2D eigenvalue weighted by Gasteiger charge is 2.12. The van der Waals surface area contributed by atoms with E-state index in [1.54, 1.807) is 18.3 Å². The maximum absolute atomic E-state index is 10.7. The monoisotopic (exact) mass is 300 g/mol. The summed E-state index contributed by atoms with van der Waals surface area (Å²) in [5, 5.41) is 10.1. The average molecular weight is 301 g/mol. The van der Waals surface area contributed by atoms with Gasteiger partial charge in [0.1, 0.15) is 5.03 Å². The van der Waals surface area contributed by atoms with Gasteiger partial charge in [-0.3, -0.25) is 4.79 Å². The van der Waals surface area contributed by atoms with Gasteiger partial charge < -0.3 is 5.11 Å². The molecule has 0 bridgehead atoms. The predicted octanol–water partition coefficient (Wildman–Crippen LogP) is 3.28. The number of hydrogen-bond donors (Lipinski definition) is 1. The van der Waals surface area contributed by atoms with Crippen molar-refractivity contribution in [3.05, 3.63) is 33.9 Å². The lowest BCUT2D eigenvalue weighted by molar-refractivity contribution is -0.136. The summed E-state index contributed by atoms with van der Waals surface area (Å²) in [5.41, 5.74) is 0.763. The van der Waals surface area contributed by atoms with Gasteiger partial charge in [0.2, 0.25) is 0 Å². The maximum atomic E-state index is 10.7. The Balaban J connectivity index is 2.14. The number of nitrogens with zero attached hydrogens (tertiary/aromatic N) is 2. The zero-order valence-electron chi connectivity index (χ0n) is 9.38. The molecule has 0 aliphatic heterocycles. The van der Waals surface area contributed by atoms with Gasteiger partial charge in [-0.2, -0.15) is 0 Å². The van der Waals surface area contributed by atoms with Crippen molar-refractivity contribution in [2.75, 3.05) is 0 Å². The van der Waals surface area contributed by atoms with Gasteiger partial charge in [-0.1, -0.05) is 11.6 Å². The van der Waals surface area contributed by atoms with Crippen molar-refractivity contribution in [3.8, 4) is 0 Å². The van der Waals surface area contributed by atoms with Crippen LogP contribution in [0.15, 0.2) is 27.7 Å². The lowest BCUT2D eigenvalue weighted by Gasteiger charge is -1.95. The van der Waals surface area contributed by atoms with E-state index in [4.69, 9.17) is 16.7 Å². The highest BCUT2D eigenvalue weighted by molar-refractivity contribution is 8.01. The second-order valence-corrected chi connectivity index (χ2v) is 6.26. The maximum Gasteiger partial charge on any atom is 0.308 e. The Hall–Kier alpha value is -1.11. The molecule has 2 aromatic rings. The second kappa shape index (κ2) is 5.69. The number of carboxylic acids is 1. The molecule has 2 rings (SSSR count). The third-order valence-corrected chi connectivity index (χ3v) is 4.47. The van der Waals surface area contributed by atoms with Crippen molar-refractivity contribution in [1.29, 1.82) is 0 Å². The van der Waals surface area contributed by atoms with E-state index in [2.05, 4.69) is 9.97 Å². The third-order valence-electron chi connectivity index (χ3n) is 2.08. The number of aryl methyl sites for hydroxylation is 1. The van der Waals surface area contributed by atoms with E-state index in [1.807, 2.05) is 6.92 Å². The minimum atomic E-state index is -0.845. The zero-order chi connectivity index (χ0) is 13.1. The zero-order valence-corrected chi connectivity index (χ0v) is 11.8. The van der Waals surface area contributed by atoms with Crippen LogP contribution in [0.5, 0.6) is 0 Å². The normalized spacial score (nSPS) is 10.6. The summed E-state index contributed by atoms with van der Waals surface area (Å²) in [4.78, 5) is 19.9. The van der Waals surface area contributed by atoms with Crippen molar-refractivity contribution in [2.45, 2.75) is 22.7 Å². The van der Waals surface area contributed by atoms with Crippen molar-refractivity contribution < 1.29 is 9.90 Å². The molecular formula is C11H9ClN2O2S2. The number of pyridine rings is 1. The summed E-state index contributed by atoms with van der Waals surface area (Å²) in [5.74, 6) is -0.845. The van der Waals surface area contributed by atoms with E-state index in [1.165, 1.54) is 23.1 Å². The van der Waals surface area contributed by atoms with Crippen LogP contribution in [0.2, 0.25) is 5.02 Å². The van der Waals surface area contributed by atoms with Crippen molar-refractivity contribution >= 4 is 40.7 Å². The first-order chi connectivity index (χ1) is 8.54. The molecule has 0 fully saturated rings. The average Bonchev–Trinajstić information content (AvgIpc) is 2.62. The Morgan fingerprint density at radius 3 is 2.94 bits per heavy atom. The number of thiazole rings is 1. The first kappa shape index (κ1) is 13.3. The number of carbonyl (C=O) groups is 1. The fourth-order valence-electron chi connectivity index (χ4n) is 1.26. The summed E-state index contributed by atoms with van der Waals surface area (Å²) in [6, 6.07) is 3.57. The van der Waals surface area contributed by atoms with Gasteiger partial charge in [-0.05, 0) is 30.8 Å². The predicted molar refractivity (Wildman–Crippen MR) is 71.6 cm³/mol. The molecule has 0 aliphatic rings. The highest BCUT2D eigenvalue weighted by atomic mass is 35.5. The molecule has 0 aliphatic carbocycles. The van der Waals surface area contributed by atoms with E-state index in [9.17, 15) is 4.79 Å². The van der Waals surface area contributed by atoms with Gasteiger partial charge >= 0.3 is 5.97 Å². The molecule has 1 N–H and O–H groups in total. The van der Waals surface area contributed by atoms with E-state index in [-0.39, 0.29) is 6.42 Å². The number of halogens is 1. The molecule has 0 aromatic carbocycles. The molecule has 4 nitrogen and oxygen atoms in total. The minimum absolute atomic E-state index is 0.0120. The summed E-state index contributed by atoms with van der Waals surface area (Å²) in [6.45, 7) is 1.81. The lowest BCUT2D eigenvalue weighted by atomic mass is 10.3. The summed E-state index contributed by atoms with van der Waals surface area (Å²) in [6.07, 6.45) is 1.58. The smallest absolute Gasteiger partial charge is 0.308 e. The van der Waals surface area contributed by atoms with Crippen LogP contribution in [-0.4, -0.2) is 21.0 Å². The van der Waals surface area contributed by atoms with E-state index in [0.717, 1.165) is 19.9 Å². The van der Waals surface area contributed by atoms with Gasteiger partial charge in [0.15, 0.2) is 4.34 Å². The highest BCUT2D eigenvalue weighted by Crippen LogP contribution is 2.32. The Bertz CT molecular complexity index is 569. The molecule has 0 atom stereocenters. The molecule has 0 saturated carbocycles. The first-order valence-electron chi connectivity index (χ1n) is 5.02. The van der Waals surface area contributed by atoms with Crippen LogP contribution in [0.25, 0.3) is 0 Å². The Morgan fingerprint density at radius 2 is 2.33 bits per heavy atom. The van der Waals surface area contributed by atoms with Gasteiger partial charge in [0.05, 0.1) is 17.1 Å². The number of carboxylic acid groups (broad SMARTS) is 1. The number of aromatic nitrogens is 2. The van der Waals surface area contributed by atoms with Crippen LogP contribution < -0.4 is 0 Å². The molecule has 94 valence electrons. The molecule has 0 spiro atoms. The first-order valence-corrected chi connectivity index (χ1v) is 7.03. The fraction of sp³-hybridized carbons (Fsp3) is 0.182. The number of aliphatic carboxylic acids is 1. The summed E-state index contributed by atoms with van der Waals surface area (Å²) in [7, 11) is 0. The minimum Gasteiger partial charge on any atom is -0.481 e. The van der Waals surface area contributed by atoms with Crippen LogP contribution in [0.4, 0.5) is 0 Å². The largest absolute Gasteiger partial charge is 0.481 e. The second-order valence-electron chi connectivity index (χ2n) is 3.48. The van der Waals surface area contributed by atoms with Crippen LogP contribution in [0.3, 0.4) is 0 Å². The van der Waals surface area contributed by atoms with Crippen molar-refractivity contribution in [3.63, 3.8) is 0 Å². The summed E-state index contributed by atoms with van der Waals surface area (Å²) >= 11 is 8.54. The molecule has 0 amide bonds. The molecule has 18 heavy (non-hydrogen) atoms. The SMILES string of the molecule is Cc1nc(Sc2ccc(Cl)cn2)sc1CC(=O)O. The lowest BCUT2D eigenvalue weighted by Crippen LogP contribution is -1.99. The standard InChI is InChI=1S/C11H9ClN2O2S2/c1-6-8(4-10(15)16)17-11(14-6)18-9-3-2-7(12)5-13-9/h2-3,5H,4H2,1H3,(H,15,16). The molecular weight excluding hydrogens is 292 g/mol. The van der Waals surface area contributed by atoms with E-state index in [0.29, 0.717) is 5.02 Å². The Morgan fingerprint density at radius 1 is 1.56 bits per heavy atom. The van der Waals surface area contributed by atoms with E-state index < -0.39 is 5.97 Å². The van der Waals surface area contributed by atoms with Gasteiger partial charge in [-0.25, -0.2) is 9.97 Å². The van der Waals surface area contributed by atoms with E-state index >= 15 is 0 Å². The van der Waals surface area contributed by atoms with Crippen LogP contribution in [0, 0.1) is 6.92 Å². The Labute approximate surface area is 117 Å².